The van der Waals surface area contributed by atoms with Crippen molar-refractivity contribution in [2.75, 3.05) is 13.2 Å². The van der Waals surface area contributed by atoms with E-state index in [0.29, 0.717) is 24.7 Å². The number of aliphatic hydroxyl groups is 1. The van der Waals surface area contributed by atoms with Crippen LogP contribution >= 0.6 is 15.9 Å². The van der Waals surface area contributed by atoms with Gasteiger partial charge in [-0.3, -0.25) is 9.58 Å². The first-order valence-electron chi connectivity index (χ1n) is 7.34. The molecule has 0 radical (unpaired) electrons. The Kier molecular flexibility index (Phi) is 4.24. The summed E-state index contributed by atoms with van der Waals surface area (Å²) in [5.41, 5.74) is 0. The van der Waals surface area contributed by atoms with Crippen molar-refractivity contribution in [1.82, 2.24) is 14.7 Å². The molecule has 1 N–H and O–H groups in total. The zero-order valence-electron chi connectivity index (χ0n) is 11.2. The second-order valence-electron chi connectivity index (χ2n) is 5.83. The van der Waals surface area contributed by atoms with Crippen LogP contribution in [0, 0.1) is 0 Å². The highest BCUT2D eigenvalue weighted by Gasteiger charge is 2.34. The molecule has 3 rings (SSSR count). The van der Waals surface area contributed by atoms with E-state index in [2.05, 4.69) is 36.8 Å². The van der Waals surface area contributed by atoms with Crippen LogP contribution in [0.5, 0.6) is 0 Å². The van der Waals surface area contributed by atoms with E-state index in [0.717, 1.165) is 17.4 Å². The van der Waals surface area contributed by atoms with E-state index >= 15 is 0 Å². The van der Waals surface area contributed by atoms with Gasteiger partial charge in [-0.25, -0.2) is 0 Å². The molecule has 0 bridgehead atoms. The molecule has 5 heteroatoms. The zero-order chi connectivity index (χ0) is 13.2. The maximum Gasteiger partial charge on any atom is 0.0632 e. The van der Waals surface area contributed by atoms with Crippen LogP contribution in [0.25, 0.3) is 0 Å². The minimum absolute atomic E-state index is 0.314. The summed E-state index contributed by atoms with van der Waals surface area (Å²) in [5.74, 6) is 0. The lowest BCUT2D eigenvalue weighted by Crippen LogP contribution is -2.43. The van der Waals surface area contributed by atoms with Crippen molar-refractivity contribution in [1.29, 1.82) is 0 Å². The fraction of sp³-hybridized carbons (Fsp3) is 0.786. The van der Waals surface area contributed by atoms with Crippen molar-refractivity contribution >= 4 is 15.9 Å². The molecule has 0 spiro atoms. The Morgan fingerprint density at radius 2 is 2.11 bits per heavy atom. The smallest absolute Gasteiger partial charge is 0.0632 e. The van der Waals surface area contributed by atoms with Gasteiger partial charge in [-0.1, -0.05) is 0 Å². The summed E-state index contributed by atoms with van der Waals surface area (Å²) in [6.45, 7) is 1.47. The molecule has 3 atom stereocenters. The lowest BCUT2D eigenvalue weighted by Gasteiger charge is -2.38. The van der Waals surface area contributed by atoms with E-state index in [1.807, 2.05) is 6.20 Å². The lowest BCUT2D eigenvalue weighted by atomic mass is 9.89. The number of nitrogens with zero attached hydrogens (tertiary/aromatic N) is 3. The molecule has 2 fully saturated rings. The molecular weight excluding hydrogens is 306 g/mol. The molecule has 2 aliphatic rings. The second kappa shape index (κ2) is 5.94. The molecule has 1 aromatic heterocycles. The monoisotopic (exact) mass is 327 g/mol. The first-order chi connectivity index (χ1) is 9.28. The van der Waals surface area contributed by atoms with Gasteiger partial charge in [0, 0.05) is 18.3 Å². The van der Waals surface area contributed by atoms with Gasteiger partial charge in [0.25, 0.3) is 0 Å². The summed E-state index contributed by atoms with van der Waals surface area (Å²) in [6, 6.07) is 1.54. The molecule has 2 unspecified atom stereocenters. The molecule has 4 nitrogen and oxygen atoms in total. The summed E-state index contributed by atoms with van der Waals surface area (Å²) in [7, 11) is 0. The molecule has 19 heavy (non-hydrogen) atoms. The normalized spacial score (nSPS) is 32.8. The number of likely N-dealkylation sites (tertiary alicyclic amines) is 1. The highest BCUT2D eigenvalue weighted by Crippen LogP contribution is 2.34. The second-order valence-corrected chi connectivity index (χ2v) is 6.74. The Balaban J connectivity index is 1.67. The summed E-state index contributed by atoms with van der Waals surface area (Å²) < 4.78 is 3.17. The maximum atomic E-state index is 9.49. The van der Waals surface area contributed by atoms with Crippen LogP contribution in [0.4, 0.5) is 0 Å². The summed E-state index contributed by atoms with van der Waals surface area (Å²) in [5, 5.41) is 13.9. The van der Waals surface area contributed by atoms with Crippen molar-refractivity contribution in [3.63, 3.8) is 0 Å². The topological polar surface area (TPSA) is 41.3 Å². The van der Waals surface area contributed by atoms with Gasteiger partial charge in [-0.15, -0.1) is 0 Å². The molecule has 0 amide bonds. The van der Waals surface area contributed by atoms with Gasteiger partial charge in [0.1, 0.15) is 0 Å². The van der Waals surface area contributed by atoms with Crippen molar-refractivity contribution in [2.24, 2.45) is 0 Å². The quantitative estimate of drug-likeness (QED) is 0.927. The van der Waals surface area contributed by atoms with E-state index in [-0.39, 0.29) is 0 Å². The van der Waals surface area contributed by atoms with E-state index in [4.69, 9.17) is 0 Å². The highest BCUT2D eigenvalue weighted by molar-refractivity contribution is 9.10. The average molecular weight is 328 g/mol. The van der Waals surface area contributed by atoms with Crippen molar-refractivity contribution in [2.45, 2.75) is 56.7 Å². The first-order valence-corrected chi connectivity index (χ1v) is 8.13. The molecule has 1 saturated carbocycles. The predicted molar refractivity (Wildman–Crippen MR) is 78.0 cm³/mol. The maximum absolute atomic E-state index is 9.49. The van der Waals surface area contributed by atoms with Crippen molar-refractivity contribution in [3.05, 3.63) is 16.9 Å². The fourth-order valence-corrected chi connectivity index (χ4v) is 4.03. The molecular formula is C14H22BrN3O. The van der Waals surface area contributed by atoms with Crippen LogP contribution in [0.3, 0.4) is 0 Å². The molecule has 0 aromatic carbocycles. The predicted octanol–water partition coefficient (Wildman–Crippen LogP) is 2.59. The number of aliphatic hydroxyl groups excluding tert-OH is 1. The number of hydrogen-bond acceptors (Lipinski definition) is 3. The Bertz CT molecular complexity index is 423. The SMILES string of the molecule is OC[C@H]1CCCN1C1CCCC(n2cc(Br)cn2)C1. The van der Waals surface area contributed by atoms with Crippen LogP contribution < -0.4 is 0 Å². The van der Waals surface area contributed by atoms with Gasteiger partial charge in [0.15, 0.2) is 0 Å². The van der Waals surface area contributed by atoms with Gasteiger partial charge in [-0.2, -0.15) is 5.10 Å². The third-order valence-corrected chi connectivity index (χ3v) is 5.07. The zero-order valence-corrected chi connectivity index (χ0v) is 12.8. The van der Waals surface area contributed by atoms with Gasteiger partial charge in [0.05, 0.1) is 23.3 Å². The summed E-state index contributed by atoms with van der Waals surface area (Å²) >= 11 is 3.47. The van der Waals surface area contributed by atoms with Crippen molar-refractivity contribution < 1.29 is 5.11 Å². The fourth-order valence-electron chi connectivity index (χ4n) is 3.73. The van der Waals surface area contributed by atoms with Gasteiger partial charge in [0.2, 0.25) is 0 Å². The molecule has 1 aliphatic heterocycles. The Morgan fingerprint density at radius 1 is 1.26 bits per heavy atom. The van der Waals surface area contributed by atoms with E-state index < -0.39 is 0 Å². The molecule has 1 aliphatic carbocycles. The standard InChI is InChI=1S/C14H22BrN3O/c15-11-8-16-18(9-11)13-4-1-3-12(7-13)17-6-2-5-14(17)10-19/h8-9,12-14,19H,1-7,10H2/t12?,13?,14-/m1/s1. The number of hydrogen-bond donors (Lipinski definition) is 1. The van der Waals surface area contributed by atoms with Crippen LogP contribution in [0.2, 0.25) is 0 Å². The first kappa shape index (κ1) is 13.6. The van der Waals surface area contributed by atoms with Crippen LogP contribution in [0.1, 0.15) is 44.6 Å². The minimum Gasteiger partial charge on any atom is -0.395 e. The molecule has 1 saturated heterocycles. The highest BCUT2D eigenvalue weighted by atomic mass is 79.9. The van der Waals surface area contributed by atoms with E-state index in [9.17, 15) is 5.11 Å². The van der Waals surface area contributed by atoms with Crippen LogP contribution in [-0.4, -0.2) is 45.0 Å². The van der Waals surface area contributed by atoms with Crippen LogP contribution in [-0.2, 0) is 0 Å². The summed E-state index contributed by atoms with van der Waals surface area (Å²) in [6.07, 6.45) is 11.3. The third kappa shape index (κ3) is 2.88. The third-order valence-electron chi connectivity index (χ3n) is 4.67. The number of rotatable bonds is 3. The van der Waals surface area contributed by atoms with E-state index in [1.54, 1.807) is 0 Å². The number of halogens is 1. The van der Waals surface area contributed by atoms with Gasteiger partial charge in [-0.05, 0) is 61.0 Å². The molecule has 1 aromatic rings. The molecule has 106 valence electrons. The average Bonchev–Trinajstić information content (AvgIpc) is 3.07. The van der Waals surface area contributed by atoms with Crippen molar-refractivity contribution in [3.8, 4) is 0 Å². The Morgan fingerprint density at radius 3 is 2.84 bits per heavy atom. The minimum atomic E-state index is 0.314. The van der Waals surface area contributed by atoms with Crippen LogP contribution in [0.15, 0.2) is 16.9 Å². The number of aromatic nitrogens is 2. The summed E-state index contributed by atoms with van der Waals surface area (Å²) in [4.78, 5) is 2.55. The van der Waals surface area contributed by atoms with Gasteiger partial charge < -0.3 is 5.11 Å². The Hall–Kier alpha value is -0.390. The largest absolute Gasteiger partial charge is 0.395 e. The Labute approximate surface area is 122 Å². The van der Waals surface area contributed by atoms with Gasteiger partial charge >= 0.3 is 0 Å². The lowest BCUT2D eigenvalue weighted by molar-refractivity contribution is 0.0828. The molecule has 2 heterocycles. The van der Waals surface area contributed by atoms with E-state index in [1.165, 1.54) is 32.1 Å².